The van der Waals surface area contributed by atoms with Gasteiger partial charge >= 0.3 is 0 Å². The first kappa shape index (κ1) is 9.68. The second kappa shape index (κ2) is 4.11. The van der Waals surface area contributed by atoms with Crippen molar-refractivity contribution < 1.29 is 4.74 Å². The average Bonchev–Trinajstić information content (AvgIpc) is 2.65. The van der Waals surface area contributed by atoms with Crippen molar-refractivity contribution in [1.82, 2.24) is 9.78 Å². The Labute approximate surface area is 84.0 Å². The van der Waals surface area contributed by atoms with Crippen molar-refractivity contribution in [3.05, 3.63) is 18.0 Å². The van der Waals surface area contributed by atoms with Gasteiger partial charge in [-0.05, 0) is 18.9 Å². The van der Waals surface area contributed by atoms with E-state index in [0.717, 1.165) is 31.7 Å². The van der Waals surface area contributed by atoms with Crippen LogP contribution >= 0.6 is 0 Å². The zero-order chi connectivity index (χ0) is 9.97. The van der Waals surface area contributed by atoms with E-state index in [-0.39, 0.29) is 6.04 Å². The third-order valence-corrected chi connectivity index (χ3v) is 2.78. The highest BCUT2D eigenvalue weighted by atomic mass is 16.5. The molecule has 0 amide bonds. The summed E-state index contributed by atoms with van der Waals surface area (Å²) in [6.45, 7) is 1.66. The first-order valence-corrected chi connectivity index (χ1v) is 5.10. The lowest BCUT2D eigenvalue weighted by molar-refractivity contribution is 0.0442. The topological polar surface area (TPSA) is 53.1 Å². The molecule has 0 aromatic carbocycles. The molecule has 0 saturated carbocycles. The number of nitrogens with zero attached hydrogens (tertiary/aromatic N) is 2. The molecule has 2 unspecified atom stereocenters. The molecule has 4 nitrogen and oxygen atoms in total. The molecule has 14 heavy (non-hydrogen) atoms. The van der Waals surface area contributed by atoms with E-state index in [1.807, 2.05) is 19.3 Å². The van der Waals surface area contributed by atoms with Crippen molar-refractivity contribution in [2.75, 3.05) is 13.2 Å². The fourth-order valence-electron chi connectivity index (χ4n) is 1.90. The molecule has 0 bridgehead atoms. The highest BCUT2D eigenvalue weighted by Crippen LogP contribution is 2.25. The third-order valence-electron chi connectivity index (χ3n) is 2.78. The average molecular weight is 195 g/mol. The van der Waals surface area contributed by atoms with Gasteiger partial charge in [0, 0.05) is 25.8 Å². The van der Waals surface area contributed by atoms with Gasteiger partial charge < -0.3 is 10.5 Å². The van der Waals surface area contributed by atoms with E-state index in [1.165, 1.54) is 0 Å². The van der Waals surface area contributed by atoms with Gasteiger partial charge in [0.1, 0.15) is 0 Å². The minimum atomic E-state index is 0.0245. The summed E-state index contributed by atoms with van der Waals surface area (Å²) in [6.07, 6.45) is 4.20. The standard InChI is InChI=1S/C10H17N3O/c1-13-5-4-9(12-13)10(11)8-3-2-6-14-7-8/h4-5,8,10H,2-3,6-7,11H2,1H3. The normalized spacial score (nSPS) is 24.9. The summed E-state index contributed by atoms with van der Waals surface area (Å²) in [5.41, 5.74) is 7.10. The molecular formula is C10H17N3O. The summed E-state index contributed by atoms with van der Waals surface area (Å²) in [4.78, 5) is 0. The van der Waals surface area contributed by atoms with Gasteiger partial charge in [0.15, 0.2) is 0 Å². The second-order valence-electron chi connectivity index (χ2n) is 3.92. The van der Waals surface area contributed by atoms with Crippen LogP contribution in [0.15, 0.2) is 12.3 Å². The summed E-state index contributed by atoms with van der Waals surface area (Å²) < 4.78 is 7.21. The number of hydrogen-bond donors (Lipinski definition) is 1. The molecular weight excluding hydrogens is 178 g/mol. The van der Waals surface area contributed by atoms with Gasteiger partial charge in [-0.3, -0.25) is 4.68 Å². The van der Waals surface area contributed by atoms with Gasteiger partial charge in [0.2, 0.25) is 0 Å². The van der Waals surface area contributed by atoms with Crippen LogP contribution in [-0.2, 0) is 11.8 Å². The quantitative estimate of drug-likeness (QED) is 0.761. The Hall–Kier alpha value is -0.870. The largest absolute Gasteiger partial charge is 0.381 e. The van der Waals surface area contributed by atoms with Crippen LogP contribution in [-0.4, -0.2) is 23.0 Å². The first-order chi connectivity index (χ1) is 6.77. The maximum absolute atomic E-state index is 6.13. The van der Waals surface area contributed by atoms with Gasteiger partial charge in [0.25, 0.3) is 0 Å². The van der Waals surface area contributed by atoms with Gasteiger partial charge in [-0.15, -0.1) is 0 Å². The lowest BCUT2D eigenvalue weighted by Crippen LogP contribution is -2.29. The van der Waals surface area contributed by atoms with Crippen molar-refractivity contribution >= 4 is 0 Å². The van der Waals surface area contributed by atoms with E-state index in [2.05, 4.69) is 5.10 Å². The van der Waals surface area contributed by atoms with Gasteiger partial charge in [0.05, 0.1) is 18.3 Å². The Bertz CT molecular complexity index is 291. The van der Waals surface area contributed by atoms with Crippen LogP contribution < -0.4 is 5.73 Å². The van der Waals surface area contributed by atoms with Crippen LogP contribution in [0.2, 0.25) is 0 Å². The number of aryl methyl sites for hydroxylation is 1. The molecule has 1 aliphatic rings. The molecule has 2 atom stereocenters. The zero-order valence-electron chi connectivity index (χ0n) is 8.52. The van der Waals surface area contributed by atoms with Crippen LogP contribution in [0.5, 0.6) is 0 Å². The predicted octanol–water partition coefficient (Wildman–Crippen LogP) is 0.846. The van der Waals surface area contributed by atoms with Crippen molar-refractivity contribution in [1.29, 1.82) is 0 Å². The van der Waals surface area contributed by atoms with Gasteiger partial charge in [-0.25, -0.2) is 0 Å². The highest BCUT2D eigenvalue weighted by Gasteiger charge is 2.23. The fourth-order valence-corrected chi connectivity index (χ4v) is 1.90. The first-order valence-electron chi connectivity index (χ1n) is 5.10. The maximum atomic E-state index is 6.13. The SMILES string of the molecule is Cn1ccc(C(N)C2CCCOC2)n1. The van der Waals surface area contributed by atoms with E-state index >= 15 is 0 Å². The van der Waals surface area contributed by atoms with E-state index in [0.29, 0.717) is 5.92 Å². The molecule has 1 fully saturated rings. The molecule has 1 aromatic rings. The molecule has 4 heteroatoms. The Balaban J connectivity index is 2.03. The molecule has 0 radical (unpaired) electrons. The van der Waals surface area contributed by atoms with Crippen LogP contribution in [0, 0.1) is 5.92 Å². The molecule has 0 aliphatic carbocycles. The molecule has 1 aromatic heterocycles. The maximum Gasteiger partial charge on any atom is 0.0795 e. The number of rotatable bonds is 2. The Morgan fingerprint density at radius 1 is 1.71 bits per heavy atom. The smallest absolute Gasteiger partial charge is 0.0795 e. The summed E-state index contributed by atoms with van der Waals surface area (Å²) in [5.74, 6) is 0.429. The zero-order valence-corrected chi connectivity index (χ0v) is 8.52. The number of hydrogen-bond acceptors (Lipinski definition) is 3. The molecule has 78 valence electrons. The monoisotopic (exact) mass is 195 g/mol. The third kappa shape index (κ3) is 1.96. The molecule has 2 N–H and O–H groups in total. The number of nitrogens with two attached hydrogens (primary N) is 1. The van der Waals surface area contributed by atoms with Crippen LogP contribution in [0.25, 0.3) is 0 Å². The number of aromatic nitrogens is 2. The Morgan fingerprint density at radius 2 is 2.57 bits per heavy atom. The van der Waals surface area contributed by atoms with E-state index in [9.17, 15) is 0 Å². The molecule has 2 rings (SSSR count). The van der Waals surface area contributed by atoms with E-state index in [1.54, 1.807) is 4.68 Å². The van der Waals surface area contributed by atoms with Crippen molar-refractivity contribution in [2.24, 2.45) is 18.7 Å². The van der Waals surface area contributed by atoms with Gasteiger partial charge in [-0.1, -0.05) is 0 Å². The summed E-state index contributed by atoms with van der Waals surface area (Å²) in [5, 5.41) is 4.32. The van der Waals surface area contributed by atoms with Crippen LogP contribution in [0.4, 0.5) is 0 Å². The van der Waals surface area contributed by atoms with Crippen molar-refractivity contribution in [3.63, 3.8) is 0 Å². The highest BCUT2D eigenvalue weighted by molar-refractivity contribution is 5.06. The van der Waals surface area contributed by atoms with Gasteiger partial charge in [-0.2, -0.15) is 5.10 Å². The minimum absolute atomic E-state index is 0.0245. The second-order valence-corrected chi connectivity index (χ2v) is 3.92. The lowest BCUT2D eigenvalue weighted by Gasteiger charge is -2.26. The molecule has 0 spiro atoms. The Morgan fingerprint density at radius 3 is 3.14 bits per heavy atom. The summed E-state index contributed by atoms with van der Waals surface area (Å²) >= 11 is 0. The van der Waals surface area contributed by atoms with E-state index < -0.39 is 0 Å². The van der Waals surface area contributed by atoms with Crippen molar-refractivity contribution in [3.8, 4) is 0 Å². The molecule has 2 heterocycles. The predicted molar refractivity (Wildman–Crippen MR) is 53.7 cm³/mol. The molecule has 1 aliphatic heterocycles. The minimum Gasteiger partial charge on any atom is -0.381 e. The van der Waals surface area contributed by atoms with Crippen LogP contribution in [0.1, 0.15) is 24.6 Å². The lowest BCUT2D eigenvalue weighted by atomic mass is 9.92. The number of ether oxygens (including phenoxy) is 1. The summed E-state index contributed by atoms with van der Waals surface area (Å²) in [6, 6.07) is 2.01. The van der Waals surface area contributed by atoms with E-state index in [4.69, 9.17) is 10.5 Å². The Kier molecular flexibility index (Phi) is 2.84. The van der Waals surface area contributed by atoms with Crippen LogP contribution in [0.3, 0.4) is 0 Å². The van der Waals surface area contributed by atoms with Crippen molar-refractivity contribution in [2.45, 2.75) is 18.9 Å². The molecule has 1 saturated heterocycles. The summed E-state index contributed by atoms with van der Waals surface area (Å²) in [7, 11) is 1.91. The fraction of sp³-hybridized carbons (Fsp3) is 0.700.